The first-order valence-corrected chi connectivity index (χ1v) is 4.89. The van der Waals surface area contributed by atoms with Gasteiger partial charge in [0.1, 0.15) is 5.82 Å². The number of hydrogen-bond donors (Lipinski definition) is 3. The lowest BCUT2D eigenvalue weighted by Gasteiger charge is -2.08. The van der Waals surface area contributed by atoms with Crippen LogP contribution in [0.1, 0.15) is 20.3 Å². The number of nitrogen functional groups attached to an aromatic ring is 1. The Morgan fingerprint density at radius 3 is 2.71 bits per heavy atom. The van der Waals surface area contributed by atoms with E-state index in [-0.39, 0.29) is 0 Å². The van der Waals surface area contributed by atoms with Crippen molar-refractivity contribution in [2.24, 2.45) is 11.8 Å². The molecule has 1 aromatic heterocycles. The summed E-state index contributed by atoms with van der Waals surface area (Å²) in [5.74, 6) is 6.61. The second-order valence-corrected chi connectivity index (χ2v) is 3.69. The van der Waals surface area contributed by atoms with Crippen molar-refractivity contribution in [2.75, 3.05) is 17.3 Å². The molecule has 0 radical (unpaired) electrons. The van der Waals surface area contributed by atoms with Crippen molar-refractivity contribution in [2.45, 2.75) is 20.3 Å². The van der Waals surface area contributed by atoms with Gasteiger partial charge >= 0.3 is 0 Å². The molecule has 0 aromatic carbocycles. The molecule has 1 aromatic rings. The number of nitrogens with zero attached hydrogens (tertiary/aromatic N) is 1. The molecule has 0 unspecified atom stereocenters. The summed E-state index contributed by atoms with van der Waals surface area (Å²) >= 11 is 0. The van der Waals surface area contributed by atoms with Crippen molar-refractivity contribution in [3.8, 4) is 0 Å². The first kappa shape index (κ1) is 10.8. The lowest BCUT2D eigenvalue weighted by atomic mass is 10.1. The van der Waals surface area contributed by atoms with Crippen molar-refractivity contribution >= 4 is 11.5 Å². The minimum Gasteiger partial charge on any atom is -0.384 e. The van der Waals surface area contributed by atoms with Crippen molar-refractivity contribution in [1.82, 2.24) is 4.98 Å². The number of nitrogens with two attached hydrogens (primary N) is 1. The minimum atomic E-state index is 0.680. The maximum Gasteiger partial charge on any atom is 0.140 e. The normalized spacial score (nSPS) is 10.3. The molecule has 0 aliphatic carbocycles. The van der Waals surface area contributed by atoms with Gasteiger partial charge in [-0.25, -0.2) is 10.8 Å². The Morgan fingerprint density at radius 2 is 2.21 bits per heavy atom. The second kappa shape index (κ2) is 5.44. The van der Waals surface area contributed by atoms with E-state index in [2.05, 4.69) is 29.6 Å². The maximum atomic E-state index is 5.21. The average molecular weight is 194 g/mol. The first-order chi connectivity index (χ1) is 6.72. The fraction of sp³-hybridized carbons (Fsp3) is 0.500. The third-order valence-corrected chi connectivity index (χ3v) is 1.96. The average Bonchev–Trinajstić information content (AvgIpc) is 2.18. The largest absolute Gasteiger partial charge is 0.384 e. The molecule has 0 spiro atoms. The summed E-state index contributed by atoms with van der Waals surface area (Å²) in [6.45, 7) is 5.40. The summed E-state index contributed by atoms with van der Waals surface area (Å²) < 4.78 is 0. The Kier molecular flexibility index (Phi) is 4.19. The zero-order valence-corrected chi connectivity index (χ0v) is 8.75. The summed E-state index contributed by atoms with van der Waals surface area (Å²) in [6, 6.07) is 3.81. The molecular formula is C10H18N4. The van der Waals surface area contributed by atoms with Crippen molar-refractivity contribution in [3.05, 3.63) is 18.3 Å². The number of pyridine rings is 1. The number of hydrazine groups is 1. The van der Waals surface area contributed by atoms with Crippen LogP contribution < -0.4 is 16.6 Å². The molecule has 1 heterocycles. The lowest BCUT2D eigenvalue weighted by molar-refractivity contribution is 0.607. The highest BCUT2D eigenvalue weighted by molar-refractivity contribution is 5.46. The quantitative estimate of drug-likeness (QED) is 0.494. The Hall–Kier alpha value is -1.29. The van der Waals surface area contributed by atoms with Crippen LogP contribution in [0.25, 0.3) is 0 Å². The van der Waals surface area contributed by atoms with Crippen LogP contribution in [-0.2, 0) is 0 Å². The van der Waals surface area contributed by atoms with Crippen LogP contribution in [0.15, 0.2) is 18.3 Å². The topological polar surface area (TPSA) is 63.0 Å². The van der Waals surface area contributed by atoms with Gasteiger partial charge in [-0.05, 0) is 24.5 Å². The monoisotopic (exact) mass is 194 g/mol. The van der Waals surface area contributed by atoms with Crippen LogP contribution in [0.4, 0.5) is 11.5 Å². The van der Waals surface area contributed by atoms with E-state index in [1.54, 1.807) is 6.20 Å². The highest BCUT2D eigenvalue weighted by Gasteiger charge is 1.95. The third-order valence-electron chi connectivity index (χ3n) is 1.96. The molecule has 0 amide bonds. The Bertz CT molecular complexity index is 255. The second-order valence-electron chi connectivity index (χ2n) is 3.69. The van der Waals surface area contributed by atoms with Gasteiger partial charge in [-0.2, -0.15) is 0 Å². The molecular weight excluding hydrogens is 176 g/mol. The van der Waals surface area contributed by atoms with Crippen molar-refractivity contribution < 1.29 is 0 Å². The van der Waals surface area contributed by atoms with Crippen LogP contribution in [0.2, 0.25) is 0 Å². The zero-order valence-electron chi connectivity index (χ0n) is 8.75. The summed E-state index contributed by atoms with van der Waals surface area (Å²) in [4.78, 5) is 4.10. The predicted octanol–water partition coefficient (Wildman–Crippen LogP) is 1.83. The highest BCUT2D eigenvalue weighted by atomic mass is 15.2. The molecule has 0 saturated heterocycles. The number of nitrogens with one attached hydrogen (secondary N) is 2. The summed E-state index contributed by atoms with van der Waals surface area (Å²) in [5.41, 5.74) is 3.52. The van der Waals surface area contributed by atoms with E-state index in [4.69, 9.17) is 5.84 Å². The van der Waals surface area contributed by atoms with Gasteiger partial charge in [0.05, 0.1) is 11.9 Å². The van der Waals surface area contributed by atoms with Gasteiger partial charge in [-0.1, -0.05) is 13.8 Å². The molecule has 1 rings (SSSR count). The van der Waals surface area contributed by atoms with E-state index in [1.807, 2.05) is 12.1 Å². The summed E-state index contributed by atoms with van der Waals surface area (Å²) in [7, 11) is 0. The minimum absolute atomic E-state index is 0.680. The van der Waals surface area contributed by atoms with Gasteiger partial charge < -0.3 is 10.7 Å². The summed E-state index contributed by atoms with van der Waals surface area (Å²) in [5, 5.41) is 3.30. The fourth-order valence-corrected chi connectivity index (χ4v) is 1.09. The molecule has 0 saturated carbocycles. The van der Waals surface area contributed by atoms with E-state index in [1.165, 1.54) is 0 Å². The molecule has 4 heteroatoms. The van der Waals surface area contributed by atoms with Crippen molar-refractivity contribution in [3.63, 3.8) is 0 Å². The van der Waals surface area contributed by atoms with E-state index < -0.39 is 0 Å². The maximum absolute atomic E-state index is 5.21. The molecule has 0 aliphatic heterocycles. The van der Waals surface area contributed by atoms with Gasteiger partial charge in [0.25, 0.3) is 0 Å². The Labute approximate surface area is 84.9 Å². The van der Waals surface area contributed by atoms with Gasteiger partial charge in [0, 0.05) is 6.54 Å². The molecule has 0 aliphatic rings. The number of aromatic nitrogens is 1. The van der Waals surface area contributed by atoms with Crippen LogP contribution in [0.3, 0.4) is 0 Å². The lowest BCUT2D eigenvalue weighted by Crippen LogP contribution is -2.09. The highest BCUT2D eigenvalue weighted by Crippen LogP contribution is 2.09. The Balaban J connectivity index is 2.36. The van der Waals surface area contributed by atoms with Crippen molar-refractivity contribution in [1.29, 1.82) is 0 Å². The number of hydrogen-bond acceptors (Lipinski definition) is 4. The third kappa shape index (κ3) is 3.62. The van der Waals surface area contributed by atoms with E-state index >= 15 is 0 Å². The molecule has 78 valence electrons. The van der Waals surface area contributed by atoms with Crippen LogP contribution in [-0.4, -0.2) is 11.5 Å². The van der Waals surface area contributed by atoms with Crippen LogP contribution >= 0.6 is 0 Å². The van der Waals surface area contributed by atoms with Gasteiger partial charge in [0.15, 0.2) is 0 Å². The SMILES string of the molecule is CC(C)CCNc1ccc(NN)nc1. The molecule has 0 atom stereocenters. The van der Waals surface area contributed by atoms with E-state index in [9.17, 15) is 0 Å². The smallest absolute Gasteiger partial charge is 0.140 e. The molecule has 0 bridgehead atoms. The Morgan fingerprint density at radius 1 is 1.43 bits per heavy atom. The standard InChI is InChI=1S/C10H18N4/c1-8(2)5-6-12-9-3-4-10(14-11)13-7-9/h3-4,7-8,12H,5-6,11H2,1-2H3,(H,13,14). The van der Waals surface area contributed by atoms with Gasteiger partial charge in [-0.15, -0.1) is 0 Å². The van der Waals surface area contributed by atoms with Gasteiger partial charge in [-0.3, -0.25) is 0 Å². The molecule has 14 heavy (non-hydrogen) atoms. The van der Waals surface area contributed by atoms with Crippen LogP contribution in [0.5, 0.6) is 0 Å². The summed E-state index contributed by atoms with van der Waals surface area (Å²) in [6.07, 6.45) is 2.94. The zero-order chi connectivity index (χ0) is 10.4. The fourth-order valence-electron chi connectivity index (χ4n) is 1.09. The number of anilines is 2. The number of rotatable bonds is 5. The molecule has 0 fully saturated rings. The molecule has 4 N–H and O–H groups in total. The first-order valence-electron chi connectivity index (χ1n) is 4.89. The van der Waals surface area contributed by atoms with Gasteiger partial charge in [0.2, 0.25) is 0 Å². The van der Waals surface area contributed by atoms with Crippen LogP contribution in [0, 0.1) is 5.92 Å². The molecule has 4 nitrogen and oxygen atoms in total. The predicted molar refractivity (Wildman–Crippen MR) is 60.0 cm³/mol. The van der Waals surface area contributed by atoms with E-state index in [0.717, 1.165) is 24.6 Å². The van der Waals surface area contributed by atoms with E-state index in [0.29, 0.717) is 5.82 Å².